The summed E-state index contributed by atoms with van der Waals surface area (Å²) in [6.45, 7) is 10.0. The molecule has 0 aliphatic heterocycles. The summed E-state index contributed by atoms with van der Waals surface area (Å²) in [7, 11) is 0. The molecule has 0 bridgehead atoms. The molecule has 1 saturated carbocycles. The quantitative estimate of drug-likeness (QED) is 0.593. The van der Waals surface area contributed by atoms with E-state index in [9.17, 15) is 0 Å². The Balaban J connectivity index is 0.000000189. The molecule has 0 radical (unpaired) electrons. The van der Waals surface area contributed by atoms with Crippen LogP contribution in [-0.2, 0) is 6.42 Å². The van der Waals surface area contributed by atoms with Crippen LogP contribution in [0.25, 0.3) is 10.9 Å². The minimum atomic E-state index is 0.710. The first kappa shape index (κ1) is 20.8. The Hall–Kier alpha value is -1.54. The number of allylic oxidation sites excluding steroid dienone is 2. The van der Waals surface area contributed by atoms with Crippen molar-refractivity contribution in [2.24, 2.45) is 23.5 Å². The standard InChI is InChI=1S/C14H26.C10H12N2/c1-5-11(3)9-13-8-7-12(4)14(6-2)10-13;11-6-5-8-7-12-10-4-2-1-3-9(8)10/h9,12-14H,5-8,10H2,1-4H3;1-4,7,12H,5-6,11H2/b11-9+;. The molecular formula is C24H38N2. The second kappa shape index (κ2) is 10.6. The number of fused-ring (bicyclic) bond motifs is 1. The maximum absolute atomic E-state index is 5.50. The van der Waals surface area contributed by atoms with Gasteiger partial charge in [-0.05, 0) is 75.0 Å². The van der Waals surface area contributed by atoms with Crippen LogP contribution in [0.1, 0.15) is 65.4 Å². The van der Waals surface area contributed by atoms with E-state index in [1.165, 1.54) is 48.6 Å². The Morgan fingerprint density at radius 3 is 2.69 bits per heavy atom. The zero-order valence-electron chi connectivity index (χ0n) is 17.2. The van der Waals surface area contributed by atoms with Gasteiger partial charge in [0.1, 0.15) is 0 Å². The fourth-order valence-electron chi connectivity index (χ4n) is 4.19. The normalized spacial score (nSPS) is 23.6. The van der Waals surface area contributed by atoms with Gasteiger partial charge in [0.2, 0.25) is 0 Å². The molecule has 1 heterocycles. The number of aromatic nitrogens is 1. The Labute approximate surface area is 160 Å². The number of nitrogens with one attached hydrogen (secondary N) is 1. The van der Waals surface area contributed by atoms with Gasteiger partial charge in [-0.1, -0.05) is 57.0 Å². The molecule has 2 heteroatoms. The fourth-order valence-corrected chi connectivity index (χ4v) is 4.19. The lowest BCUT2D eigenvalue weighted by molar-refractivity contribution is 0.212. The van der Waals surface area contributed by atoms with E-state index in [1.807, 2.05) is 12.3 Å². The topological polar surface area (TPSA) is 41.8 Å². The number of rotatable bonds is 5. The minimum Gasteiger partial charge on any atom is -0.361 e. The van der Waals surface area contributed by atoms with Gasteiger partial charge < -0.3 is 10.7 Å². The maximum Gasteiger partial charge on any atom is 0.0456 e. The SMILES string of the molecule is CC/C(C)=C/C1CCC(C)C(CC)C1.NCCc1c[nH]c2ccccc12. The first-order valence-corrected chi connectivity index (χ1v) is 10.5. The number of hydrogen-bond acceptors (Lipinski definition) is 1. The summed E-state index contributed by atoms with van der Waals surface area (Å²) in [4.78, 5) is 3.22. The molecule has 26 heavy (non-hydrogen) atoms. The van der Waals surface area contributed by atoms with Crippen molar-refractivity contribution in [2.75, 3.05) is 6.54 Å². The maximum atomic E-state index is 5.50. The first-order chi connectivity index (χ1) is 12.6. The van der Waals surface area contributed by atoms with E-state index in [0.29, 0.717) is 6.54 Å². The zero-order chi connectivity index (χ0) is 18.9. The van der Waals surface area contributed by atoms with Crippen molar-refractivity contribution in [3.63, 3.8) is 0 Å². The third kappa shape index (κ3) is 5.74. The Morgan fingerprint density at radius 2 is 2.00 bits per heavy atom. The highest BCUT2D eigenvalue weighted by Gasteiger charge is 2.24. The second-order valence-corrected chi connectivity index (χ2v) is 7.98. The van der Waals surface area contributed by atoms with Gasteiger partial charge in [-0.25, -0.2) is 0 Å². The molecule has 1 fully saturated rings. The molecule has 1 aromatic heterocycles. The Bertz CT molecular complexity index is 682. The van der Waals surface area contributed by atoms with Crippen LogP contribution in [0, 0.1) is 17.8 Å². The monoisotopic (exact) mass is 354 g/mol. The van der Waals surface area contributed by atoms with Gasteiger partial charge in [0.25, 0.3) is 0 Å². The summed E-state index contributed by atoms with van der Waals surface area (Å²) in [6, 6.07) is 8.29. The van der Waals surface area contributed by atoms with Crippen LogP contribution in [0.2, 0.25) is 0 Å². The van der Waals surface area contributed by atoms with Crippen LogP contribution in [0.5, 0.6) is 0 Å². The van der Waals surface area contributed by atoms with Gasteiger partial charge in [0.15, 0.2) is 0 Å². The molecule has 1 aromatic carbocycles. The van der Waals surface area contributed by atoms with Gasteiger partial charge in [-0.2, -0.15) is 0 Å². The van der Waals surface area contributed by atoms with E-state index in [2.05, 4.69) is 57.0 Å². The van der Waals surface area contributed by atoms with E-state index >= 15 is 0 Å². The molecule has 3 unspecified atom stereocenters. The third-order valence-electron chi connectivity index (χ3n) is 6.09. The number of H-pyrrole nitrogens is 1. The van der Waals surface area contributed by atoms with Crippen LogP contribution in [0.3, 0.4) is 0 Å². The molecule has 0 spiro atoms. The van der Waals surface area contributed by atoms with Crippen LogP contribution >= 0.6 is 0 Å². The van der Waals surface area contributed by atoms with Crippen LogP contribution in [0.15, 0.2) is 42.1 Å². The molecule has 3 rings (SSSR count). The largest absolute Gasteiger partial charge is 0.361 e. The molecule has 2 nitrogen and oxygen atoms in total. The predicted octanol–water partition coefficient (Wildman–Crippen LogP) is 6.47. The second-order valence-electron chi connectivity index (χ2n) is 7.98. The summed E-state index contributed by atoms with van der Waals surface area (Å²) >= 11 is 0. The van der Waals surface area contributed by atoms with Crippen LogP contribution < -0.4 is 5.73 Å². The number of benzene rings is 1. The highest BCUT2D eigenvalue weighted by Crippen LogP contribution is 2.36. The van der Waals surface area contributed by atoms with Crippen molar-refractivity contribution in [3.8, 4) is 0 Å². The van der Waals surface area contributed by atoms with Crippen molar-refractivity contribution >= 4 is 10.9 Å². The molecule has 3 atom stereocenters. The van der Waals surface area contributed by atoms with Gasteiger partial charge in [0, 0.05) is 17.1 Å². The molecule has 0 amide bonds. The number of hydrogen-bond donors (Lipinski definition) is 2. The average molecular weight is 355 g/mol. The van der Waals surface area contributed by atoms with Gasteiger partial charge in [-0.15, -0.1) is 0 Å². The van der Waals surface area contributed by atoms with Crippen LogP contribution in [-0.4, -0.2) is 11.5 Å². The summed E-state index contributed by atoms with van der Waals surface area (Å²) in [5.74, 6) is 2.83. The van der Waals surface area contributed by atoms with E-state index in [0.717, 1.165) is 24.2 Å². The highest BCUT2D eigenvalue weighted by molar-refractivity contribution is 5.83. The Kier molecular flexibility index (Phi) is 8.44. The first-order valence-electron chi connectivity index (χ1n) is 10.5. The lowest BCUT2D eigenvalue weighted by Gasteiger charge is -2.32. The zero-order valence-corrected chi connectivity index (χ0v) is 17.2. The van der Waals surface area contributed by atoms with Gasteiger partial charge in [0.05, 0.1) is 0 Å². The molecule has 1 aliphatic carbocycles. The lowest BCUT2D eigenvalue weighted by atomic mass is 9.73. The van der Waals surface area contributed by atoms with Gasteiger partial charge >= 0.3 is 0 Å². The van der Waals surface area contributed by atoms with Crippen molar-refractivity contribution in [3.05, 3.63) is 47.7 Å². The van der Waals surface area contributed by atoms with E-state index < -0.39 is 0 Å². The molecule has 0 saturated heterocycles. The van der Waals surface area contributed by atoms with Crippen molar-refractivity contribution < 1.29 is 0 Å². The van der Waals surface area contributed by atoms with Crippen molar-refractivity contribution in [1.29, 1.82) is 0 Å². The summed E-state index contributed by atoms with van der Waals surface area (Å²) in [5.41, 5.74) is 9.59. The Morgan fingerprint density at radius 1 is 1.23 bits per heavy atom. The van der Waals surface area contributed by atoms with Crippen molar-refractivity contribution in [1.82, 2.24) is 4.98 Å². The van der Waals surface area contributed by atoms with E-state index in [4.69, 9.17) is 5.73 Å². The van der Waals surface area contributed by atoms with E-state index in [1.54, 1.807) is 5.57 Å². The number of nitrogens with two attached hydrogens (primary N) is 1. The smallest absolute Gasteiger partial charge is 0.0456 e. The summed E-state index contributed by atoms with van der Waals surface area (Å²) < 4.78 is 0. The number of aromatic amines is 1. The predicted molar refractivity (Wildman–Crippen MR) is 115 cm³/mol. The third-order valence-corrected chi connectivity index (χ3v) is 6.09. The van der Waals surface area contributed by atoms with E-state index in [-0.39, 0.29) is 0 Å². The minimum absolute atomic E-state index is 0.710. The molecule has 3 N–H and O–H groups in total. The average Bonchev–Trinajstić information content (AvgIpc) is 3.07. The summed E-state index contributed by atoms with van der Waals surface area (Å²) in [6.07, 6.45) is 12.4. The molecule has 144 valence electrons. The molecule has 1 aliphatic rings. The van der Waals surface area contributed by atoms with Crippen molar-refractivity contribution in [2.45, 2.75) is 66.2 Å². The summed E-state index contributed by atoms with van der Waals surface area (Å²) in [5, 5.41) is 1.29. The number of para-hydroxylation sites is 1. The molecule has 2 aromatic rings. The van der Waals surface area contributed by atoms with Gasteiger partial charge in [-0.3, -0.25) is 0 Å². The van der Waals surface area contributed by atoms with Crippen LogP contribution in [0.4, 0.5) is 0 Å². The highest BCUT2D eigenvalue weighted by atomic mass is 14.7. The lowest BCUT2D eigenvalue weighted by Crippen LogP contribution is -2.21. The molecular weight excluding hydrogens is 316 g/mol. The fraction of sp³-hybridized carbons (Fsp3) is 0.583.